The SMILES string of the molecule is CCNCc1cncc(-c2c(C)cc(C)cc2F)c1. The van der Waals surface area contributed by atoms with E-state index in [2.05, 4.69) is 17.2 Å². The van der Waals surface area contributed by atoms with E-state index >= 15 is 0 Å². The highest BCUT2D eigenvalue weighted by Gasteiger charge is 2.10. The van der Waals surface area contributed by atoms with E-state index in [1.54, 1.807) is 12.3 Å². The Morgan fingerprint density at radius 2 is 1.95 bits per heavy atom. The quantitative estimate of drug-likeness (QED) is 0.906. The van der Waals surface area contributed by atoms with Crippen LogP contribution in [-0.4, -0.2) is 11.5 Å². The van der Waals surface area contributed by atoms with E-state index in [9.17, 15) is 4.39 Å². The minimum Gasteiger partial charge on any atom is -0.313 e. The van der Waals surface area contributed by atoms with Crippen LogP contribution < -0.4 is 5.32 Å². The van der Waals surface area contributed by atoms with Gasteiger partial charge in [-0.2, -0.15) is 0 Å². The molecule has 0 radical (unpaired) electrons. The summed E-state index contributed by atoms with van der Waals surface area (Å²) in [5, 5.41) is 3.25. The summed E-state index contributed by atoms with van der Waals surface area (Å²) in [5.74, 6) is -0.181. The molecule has 0 aliphatic carbocycles. The molecule has 0 fully saturated rings. The standard InChI is InChI=1S/C16H19FN2/c1-4-18-8-13-7-14(10-19-9-13)16-12(3)5-11(2)6-15(16)17/h5-7,9-10,18H,4,8H2,1-3H3. The lowest BCUT2D eigenvalue weighted by Gasteiger charge is -2.10. The first-order valence-corrected chi connectivity index (χ1v) is 6.53. The molecule has 1 aromatic carbocycles. The molecule has 0 atom stereocenters. The summed E-state index contributed by atoms with van der Waals surface area (Å²) in [7, 11) is 0. The molecule has 0 amide bonds. The van der Waals surface area contributed by atoms with E-state index in [4.69, 9.17) is 0 Å². The van der Waals surface area contributed by atoms with E-state index in [0.717, 1.165) is 35.3 Å². The van der Waals surface area contributed by atoms with Gasteiger partial charge in [0.25, 0.3) is 0 Å². The van der Waals surface area contributed by atoms with Crippen LogP contribution in [0.5, 0.6) is 0 Å². The Morgan fingerprint density at radius 1 is 1.16 bits per heavy atom. The Kier molecular flexibility index (Phi) is 4.27. The molecule has 0 aliphatic heterocycles. The van der Waals surface area contributed by atoms with Crippen molar-refractivity contribution in [2.45, 2.75) is 27.3 Å². The second-order valence-corrected chi connectivity index (χ2v) is 4.80. The van der Waals surface area contributed by atoms with Crippen LogP contribution in [0.25, 0.3) is 11.1 Å². The fraction of sp³-hybridized carbons (Fsp3) is 0.312. The number of pyridine rings is 1. The fourth-order valence-electron chi connectivity index (χ4n) is 2.27. The lowest BCUT2D eigenvalue weighted by atomic mass is 9.98. The van der Waals surface area contributed by atoms with Crippen molar-refractivity contribution in [1.82, 2.24) is 10.3 Å². The molecule has 0 saturated carbocycles. The highest BCUT2D eigenvalue weighted by Crippen LogP contribution is 2.27. The molecule has 100 valence electrons. The van der Waals surface area contributed by atoms with Crippen molar-refractivity contribution in [1.29, 1.82) is 0 Å². The van der Waals surface area contributed by atoms with Crippen molar-refractivity contribution in [3.8, 4) is 11.1 Å². The van der Waals surface area contributed by atoms with E-state index in [1.165, 1.54) is 0 Å². The molecule has 3 heteroatoms. The molecular formula is C16H19FN2. The molecule has 0 saturated heterocycles. The zero-order valence-corrected chi connectivity index (χ0v) is 11.6. The predicted octanol–water partition coefficient (Wildman–Crippen LogP) is 3.61. The number of halogens is 1. The van der Waals surface area contributed by atoms with Gasteiger partial charge in [-0.1, -0.05) is 13.0 Å². The van der Waals surface area contributed by atoms with Crippen LogP contribution in [0.1, 0.15) is 23.6 Å². The maximum absolute atomic E-state index is 14.1. The van der Waals surface area contributed by atoms with Crippen molar-refractivity contribution < 1.29 is 4.39 Å². The first-order chi connectivity index (χ1) is 9.11. The summed E-state index contributed by atoms with van der Waals surface area (Å²) in [6, 6.07) is 5.56. The van der Waals surface area contributed by atoms with Crippen LogP contribution in [0.4, 0.5) is 4.39 Å². The molecule has 0 bridgehead atoms. The average Bonchev–Trinajstić information content (AvgIpc) is 2.35. The summed E-state index contributed by atoms with van der Waals surface area (Å²) >= 11 is 0. The average molecular weight is 258 g/mol. The number of hydrogen-bond acceptors (Lipinski definition) is 2. The fourth-order valence-corrected chi connectivity index (χ4v) is 2.27. The Bertz CT molecular complexity index is 556. The van der Waals surface area contributed by atoms with Crippen LogP contribution in [0.3, 0.4) is 0 Å². The molecule has 0 unspecified atom stereocenters. The largest absolute Gasteiger partial charge is 0.313 e. The molecule has 1 aromatic heterocycles. The Balaban J connectivity index is 2.42. The second kappa shape index (κ2) is 5.93. The molecule has 2 rings (SSSR count). The Labute approximate surface area is 113 Å². The Morgan fingerprint density at radius 3 is 2.63 bits per heavy atom. The number of nitrogens with one attached hydrogen (secondary N) is 1. The summed E-state index contributed by atoms with van der Waals surface area (Å²) in [4.78, 5) is 4.21. The van der Waals surface area contributed by atoms with Crippen molar-refractivity contribution >= 4 is 0 Å². The second-order valence-electron chi connectivity index (χ2n) is 4.80. The number of hydrogen-bond donors (Lipinski definition) is 1. The van der Waals surface area contributed by atoms with Gasteiger partial charge in [0.1, 0.15) is 5.82 Å². The number of benzene rings is 1. The van der Waals surface area contributed by atoms with Gasteiger partial charge in [-0.25, -0.2) is 4.39 Å². The summed E-state index contributed by atoms with van der Waals surface area (Å²) in [6.07, 6.45) is 3.53. The van der Waals surface area contributed by atoms with Crippen molar-refractivity contribution in [3.05, 3.63) is 53.1 Å². The smallest absolute Gasteiger partial charge is 0.131 e. The third kappa shape index (κ3) is 3.18. The minimum atomic E-state index is -0.181. The van der Waals surface area contributed by atoms with Crippen LogP contribution in [-0.2, 0) is 6.54 Å². The first kappa shape index (κ1) is 13.7. The lowest BCUT2D eigenvalue weighted by Crippen LogP contribution is -2.11. The summed E-state index contributed by atoms with van der Waals surface area (Å²) in [6.45, 7) is 7.55. The molecule has 2 nitrogen and oxygen atoms in total. The first-order valence-electron chi connectivity index (χ1n) is 6.53. The van der Waals surface area contributed by atoms with Gasteiger partial charge in [0.2, 0.25) is 0 Å². The molecular weight excluding hydrogens is 239 g/mol. The van der Waals surface area contributed by atoms with Gasteiger partial charge >= 0.3 is 0 Å². The Hall–Kier alpha value is -1.74. The van der Waals surface area contributed by atoms with Crippen LogP contribution >= 0.6 is 0 Å². The molecule has 1 heterocycles. The van der Waals surface area contributed by atoms with Gasteiger partial charge in [0.15, 0.2) is 0 Å². The number of aryl methyl sites for hydroxylation is 2. The number of nitrogens with zero attached hydrogens (tertiary/aromatic N) is 1. The highest BCUT2D eigenvalue weighted by molar-refractivity contribution is 5.68. The van der Waals surface area contributed by atoms with Gasteiger partial charge in [0, 0.05) is 30.1 Å². The maximum Gasteiger partial charge on any atom is 0.131 e. The normalized spacial score (nSPS) is 10.7. The molecule has 0 spiro atoms. The predicted molar refractivity (Wildman–Crippen MR) is 76.5 cm³/mol. The van der Waals surface area contributed by atoms with Gasteiger partial charge in [-0.05, 0) is 49.2 Å². The lowest BCUT2D eigenvalue weighted by molar-refractivity contribution is 0.629. The highest BCUT2D eigenvalue weighted by atomic mass is 19.1. The zero-order valence-electron chi connectivity index (χ0n) is 11.6. The van der Waals surface area contributed by atoms with Crippen molar-refractivity contribution in [2.24, 2.45) is 0 Å². The van der Waals surface area contributed by atoms with Crippen LogP contribution in [0.2, 0.25) is 0 Å². The molecule has 1 N–H and O–H groups in total. The topological polar surface area (TPSA) is 24.9 Å². The number of aromatic nitrogens is 1. The van der Waals surface area contributed by atoms with E-state index in [-0.39, 0.29) is 5.82 Å². The summed E-state index contributed by atoms with van der Waals surface area (Å²) < 4.78 is 14.1. The maximum atomic E-state index is 14.1. The molecule has 2 aromatic rings. The summed E-state index contributed by atoms with van der Waals surface area (Å²) in [5.41, 5.74) is 4.44. The van der Waals surface area contributed by atoms with E-state index in [0.29, 0.717) is 5.56 Å². The van der Waals surface area contributed by atoms with Gasteiger partial charge in [-0.15, -0.1) is 0 Å². The van der Waals surface area contributed by atoms with Gasteiger partial charge in [0.05, 0.1) is 0 Å². The van der Waals surface area contributed by atoms with Crippen LogP contribution in [0.15, 0.2) is 30.6 Å². The van der Waals surface area contributed by atoms with Crippen molar-refractivity contribution in [3.63, 3.8) is 0 Å². The van der Waals surface area contributed by atoms with Gasteiger partial charge < -0.3 is 5.32 Å². The third-order valence-electron chi connectivity index (χ3n) is 3.09. The van der Waals surface area contributed by atoms with Gasteiger partial charge in [-0.3, -0.25) is 4.98 Å². The number of rotatable bonds is 4. The monoisotopic (exact) mass is 258 g/mol. The minimum absolute atomic E-state index is 0.181. The molecule has 0 aliphatic rings. The van der Waals surface area contributed by atoms with E-state index in [1.807, 2.05) is 32.2 Å². The third-order valence-corrected chi connectivity index (χ3v) is 3.09. The zero-order chi connectivity index (χ0) is 13.8. The molecule has 19 heavy (non-hydrogen) atoms. The van der Waals surface area contributed by atoms with Crippen LogP contribution in [0, 0.1) is 19.7 Å². The van der Waals surface area contributed by atoms with Crippen molar-refractivity contribution in [2.75, 3.05) is 6.54 Å². The van der Waals surface area contributed by atoms with E-state index < -0.39 is 0 Å².